The predicted octanol–water partition coefficient (Wildman–Crippen LogP) is 20.1. The van der Waals surface area contributed by atoms with Crippen LogP contribution in [0.5, 0.6) is 0 Å². The number of allylic oxidation sites excluding steroid dienone is 5. The minimum atomic E-state index is -1.57. The summed E-state index contributed by atoms with van der Waals surface area (Å²) in [6, 6.07) is -0.825. The third-order valence-electron chi connectivity index (χ3n) is 18.2. The number of hydrogen-bond acceptors (Lipinski definition) is 10. The highest BCUT2D eigenvalue weighted by Gasteiger charge is 2.44. The number of aliphatic hydroxyl groups is 5. The Balaban J connectivity index is 1.94. The number of ether oxygens (including phenoxy) is 3. The van der Waals surface area contributed by atoms with Gasteiger partial charge in [-0.05, 0) is 70.6 Å². The van der Waals surface area contributed by atoms with Crippen molar-refractivity contribution in [2.75, 3.05) is 19.8 Å². The van der Waals surface area contributed by atoms with Crippen LogP contribution in [0.25, 0.3) is 0 Å². The summed E-state index contributed by atoms with van der Waals surface area (Å²) in [6.07, 6.45) is 75.9. The maximum atomic E-state index is 13.1. The Labute approximate surface area is 543 Å². The van der Waals surface area contributed by atoms with Crippen molar-refractivity contribution in [3.63, 3.8) is 0 Å². The molecule has 0 spiro atoms. The molecule has 0 aromatic heterocycles. The van der Waals surface area contributed by atoms with Crippen molar-refractivity contribution < 1.29 is 49.3 Å². The van der Waals surface area contributed by atoms with E-state index in [-0.39, 0.29) is 18.5 Å². The van der Waals surface area contributed by atoms with Crippen LogP contribution in [-0.2, 0) is 23.8 Å². The topological polar surface area (TPSA) is 175 Å². The van der Waals surface area contributed by atoms with Crippen LogP contribution in [0.2, 0.25) is 0 Å². The van der Waals surface area contributed by atoms with E-state index < -0.39 is 49.5 Å². The molecule has 518 valence electrons. The van der Waals surface area contributed by atoms with E-state index >= 15 is 0 Å². The highest BCUT2D eigenvalue weighted by atomic mass is 16.7. The maximum Gasteiger partial charge on any atom is 0.305 e. The first-order valence-electron chi connectivity index (χ1n) is 38.3. The van der Waals surface area contributed by atoms with Gasteiger partial charge in [0.2, 0.25) is 5.91 Å². The van der Waals surface area contributed by atoms with Crippen molar-refractivity contribution in [2.45, 2.75) is 423 Å². The third kappa shape index (κ3) is 54.4. The molecule has 1 aliphatic rings. The second-order valence-corrected chi connectivity index (χ2v) is 26.7. The highest BCUT2D eigenvalue weighted by molar-refractivity contribution is 5.76. The maximum absolute atomic E-state index is 13.1. The summed E-state index contributed by atoms with van der Waals surface area (Å²) in [4.78, 5) is 25.1. The molecular formula is C77H145NO10. The van der Waals surface area contributed by atoms with E-state index in [0.717, 1.165) is 51.4 Å². The lowest BCUT2D eigenvalue weighted by Gasteiger charge is -2.40. The minimum Gasteiger partial charge on any atom is -0.466 e. The van der Waals surface area contributed by atoms with E-state index in [1.54, 1.807) is 6.08 Å². The number of aliphatic hydroxyl groups excluding tert-OH is 5. The van der Waals surface area contributed by atoms with Gasteiger partial charge in [0.15, 0.2) is 6.29 Å². The second-order valence-electron chi connectivity index (χ2n) is 26.7. The average Bonchev–Trinajstić information content (AvgIpc) is 3.73. The minimum absolute atomic E-state index is 0.0135. The smallest absolute Gasteiger partial charge is 0.305 e. The van der Waals surface area contributed by atoms with Crippen molar-refractivity contribution in [2.24, 2.45) is 0 Å². The molecule has 88 heavy (non-hydrogen) atoms. The Hall–Kier alpha value is -2.12. The summed E-state index contributed by atoms with van der Waals surface area (Å²) in [5, 5.41) is 54.5. The number of nitrogens with one attached hydrogen (secondary N) is 1. The fourth-order valence-electron chi connectivity index (χ4n) is 12.2. The number of hydrogen-bond donors (Lipinski definition) is 6. The fourth-order valence-corrected chi connectivity index (χ4v) is 12.2. The van der Waals surface area contributed by atoms with Gasteiger partial charge in [0.25, 0.3) is 0 Å². The molecule has 7 unspecified atom stereocenters. The molecule has 0 saturated carbocycles. The van der Waals surface area contributed by atoms with Crippen LogP contribution in [0.3, 0.4) is 0 Å². The Morgan fingerprint density at radius 1 is 0.409 bits per heavy atom. The van der Waals surface area contributed by atoms with Crippen LogP contribution in [0.15, 0.2) is 36.5 Å². The number of carbonyl (C=O) groups is 2. The largest absolute Gasteiger partial charge is 0.466 e. The molecule has 6 N–H and O–H groups in total. The van der Waals surface area contributed by atoms with Crippen molar-refractivity contribution in [1.29, 1.82) is 0 Å². The molecule has 1 rings (SSSR count). The summed E-state index contributed by atoms with van der Waals surface area (Å²) in [5.74, 6) is -0.173. The zero-order chi connectivity index (χ0) is 63.7. The van der Waals surface area contributed by atoms with Crippen LogP contribution in [0, 0.1) is 0 Å². The molecule has 0 bridgehead atoms. The third-order valence-corrected chi connectivity index (χ3v) is 18.2. The summed E-state index contributed by atoms with van der Waals surface area (Å²) in [7, 11) is 0. The first-order valence-corrected chi connectivity index (χ1v) is 38.3. The zero-order valence-corrected chi connectivity index (χ0v) is 57.7. The van der Waals surface area contributed by atoms with Crippen LogP contribution >= 0.6 is 0 Å². The summed E-state index contributed by atoms with van der Waals surface area (Å²) in [5.41, 5.74) is 0. The summed E-state index contributed by atoms with van der Waals surface area (Å²) in [6.45, 7) is 4.37. The summed E-state index contributed by atoms with van der Waals surface area (Å²) < 4.78 is 16.7. The van der Waals surface area contributed by atoms with Gasteiger partial charge in [0.05, 0.1) is 32.0 Å². The molecule has 1 aliphatic heterocycles. The normalized spacial score (nSPS) is 17.9. The number of amides is 1. The second kappa shape index (κ2) is 66.3. The van der Waals surface area contributed by atoms with Crippen molar-refractivity contribution in [3.05, 3.63) is 36.5 Å². The molecule has 7 atom stereocenters. The first-order chi connectivity index (χ1) is 43.2. The molecule has 0 aromatic rings. The van der Waals surface area contributed by atoms with Gasteiger partial charge in [-0.25, -0.2) is 0 Å². The van der Waals surface area contributed by atoms with Gasteiger partial charge in [0.1, 0.15) is 24.4 Å². The Morgan fingerprint density at radius 2 is 0.739 bits per heavy atom. The number of carbonyl (C=O) groups excluding carboxylic acids is 2. The first kappa shape index (κ1) is 83.9. The molecule has 1 amide bonds. The average molecular weight is 1250 g/mol. The number of esters is 1. The van der Waals surface area contributed by atoms with Gasteiger partial charge in [-0.1, -0.05) is 333 Å². The van der Waals surface area contributed by atoms with Crippen molar-refractivity contribution >= 4 is 11.9 Å². The summed E-state index contributed by atoms with van der Waals surface area (Å²) >= 11 is 0. The van der Waals surface area contributed by atoms with Gasteiger partial charge >= 0.3 is 5.97 Å². The van der Waals surface area contributed by atoms with Crippen molar-refractivity contribution in [1.82, 2.24) is 5.32 Å². The molecule has 11 nitrogen and oxygen atoms in total. The highest BCUT2D eigenvalue weighted by Crippen LogP contribution is 2.24. The van der Waals surface area contributed by atoms with E-state index in [0.29, 0.717) is 19.4 Å². The SMILES string of the molecule is CCCCCCCCCC/C=C/CC/C=C/C(O)C(COC1OC(CO)C(O)C(O)C1O)NC(=O)CCCCCCCCCCCCCCCCCCC/C=C\CCCCCCCCCCCCCCCCOC(=O)CCCCCCCCCCCCC. The molecule has 0 aromatic carbocycles. The Morgan fingerprint density at radius 3 is 1.12 bits per heavy atom. The van der Waals surface area contributed by atoms with Gasteiger partial charge in [0, 0.05) is 12.8 Å². The van der Waals surface area contributed by atoms with Crippen LogP contribution in [-0.4, -0.2) is 100 Å². The van der Waals surface area contributed by atoms with Gasteiger partial charge in [-0.2, -0.15) is 0 Å². The lowest BCUT2D eigenvalue weighted by Crippen LogP contribution is -2.60. The molecular weight excluding hydrogens is 1100 g/mol. The monoisotopic (exact) mass is 1240 g/mol. The molecule has 11 heteroatoms. The zero-order valence-electron chi connectivity index (χ0n) is 57.7. The van der Waals surface area contributed by atoms with Crippen molar-refractivity contribution in [3.8, 4) is 0 Å². The molecule has 0 aliphatic carbocycles. The quantitative estimate of drug-likeness (QED) is 0.0195. The Kier molecular flexibility index (Phi) is 63.2. The lowest BCUT2D eigenvalue weighted by atomic mass is 9.99. The number of rotatable bonds is 68. The van der Waals surface area contributed by atoms with E-state index in [1.165, 1.54) is 302 Å². The van der Waals surface area contributed by atoms with E-state index in [1.807, 2.05) is 6.08 Å². The molecule has 1 fully saturated rings. The number of unbranched alkanes of at least 4 members (excludes halogenated alkanes) is 50. The van der Waals surface area contributed by atoms with Crippen LogP contribution in [0.4, 0.5) is 0 Å². The standard InChI is InChI=1S/C77H145NO10/c1-3-5-7-9-11-13-15-16-40-44-47-51-55-59-63-70(80)69(68-87-77-76(85)75(84)74(83)71(67-79)88-77)78-72(81)64-60-56-52-48-45-41-38-36-34-32-30-28-26-24-22-20-18-17-19-21-23-25-27-29-31-33-35-37-39-42-46-50-54-58-62-66-86-73(82)65-61-57-53-49-43-14-12-10-8-6-4-2/h19,21,44,47,59,63,69-71,74-77,79-80,83-85H,3-18,20,22-43,45-46,48-58,60-62,64-68H2,1-2H3,(H,78,81)/b21-19-,47-44+,63-59+. The molecule has 1 saturated heterocycles. The van der Waals surface area contributed by atoms with Crippen LogP contribution < -0.4 is 5.32 Å². The van der Waals surface area contributed by atoms with Gasteiger partial charge < -0.3 is 45.1 Å². The van der Waals surface area contributed by atoms with E-state index in [4.69, 9.17) is 14.2 Å². The van der Waals surface area contributed by atoms with Gasteiger partial charge in [-0.3, -0.25) is 9.59 Å². The Bertz CT molecular complexity index is 1560. The molecule has 0 radical (unpaired) electrons. The lowest BCUT2D eigenvalue weighted by molar-refractivity contribution is -0.302. The van der Waals surface area contributed by atoms with Crippen LogP contribution in [0.1, 0.15) is 380 Å². The fraction of sp³-hybridized carbons (Fsp3) is 0.896. The molecule has 1 heterocycles. The van der Waals surface area contributed by atoms with E-state index in [9.17, 15) is 35.1 Å². The predicted molar refractivity (Wildman–Crippen MR) is 371 cm³/mol. The van der Waals surface area contributed by atoms with E-state index in [2.05, 4.69) is 43.5 Å². The van der Waals surface area contributed by atoms with Gasteiger partial charge in [-0.15, -0.1) is 0 Å².